The molecule has 1 fully saturated rings. The molecule has 1 N–H and O–H groups in total. The Morgan fingerprint density at radius 3 is 2.92 bits per heavy atom. The summed E-state index contributed by atoms with van der Waals surface area (Å²) < 4.78 is 26.8. The van der Waals surface area contributed by atoms with Gasteiger partial charge in [-0.05, 0) is 25.6 Å². The molecular formula is C13H17ClN6O2S2. The molecule has 2 aromatic heterocycles. The SMILES string of the molecule is CCc1n[nH]c(=S)n1/N=C\c1c(C)nn([C@@H]2CCS(=O)(=O)C2)c1Cl. The van der Waals surface area contributed by atoms with Gasteiger partial charge >= 0.3 is 0 Å². The lowest BCUT2D eigenvalue weighted by Gasteiger charge is -2.09. The van der Waals surface area contributed by atoms with Crippen molar-refractivity contribution < 1.29 is 8.42 Å². The number of hydrogen-bond donors (Lipinski definition) is 1. The van der Waals surface area contributed by atoms with Gasteiger partial charge in [0.05, 0.1) is 35.0 Å². The van der Waals surface area contributed by atoms with Crippen molar-refractivity contribution in [2.45, 2.75) is 32.7 Å². The normalized spacial score (nSPS) is 20.2. The van der Waals surface area contributed by atoms with E-state index in [1.807, 2.05) is 13.8 Å². The van der Waals surface area contributed by atoms with Gasteiger partial charge in [0.15, 0.2) is 15.7 Å². The number of nitrogens with zero attached hydrogens (tertiary/aromatic N) is 5. The molecular weight excluding hydrogens is 372 g/mol. The quantitative estimate of drug-likeness (QED) is 0.637. The van der Waals surface area contributed by atoms with Gasteiger partial charge < -0.3 is 0 Å². The second-order valence-electron chi connectivity index (χ2n) is 5.65. The van der Waals surface area contributed by atoms with E-state index in [9.17, 15) is 8.42 Å². The first kappa shape index (κ1) is 17.3. The fourth-order valence-electron chi connectivity index (χ4n) is 2.68. The summed E-state index contributed by atoms with van der Waals surface area (Å²) >= 11 is 11.6. The molecule has 1 saturated heterocycles. The molecule has 24 heavy (non-hydrogen) atoms. The van der Waals surface area contributed by atoms with Crippen LogP contribution in [0.4, 0.5) is 0 Å². The van der Waals surface area contributed by atoms with E-state index in [1.54, 1.807) is 10.9 Å². The number of hydrogen-bond acceptors (Lipinski definition) is 6. The Morgan fingerprint density at radius 2 is 2.29 bits per heavy atom. The molecule has 0 aliphatic carbocycles. The van der Waals surface area contributed by atoms with Crippen LogP contribution in [0.25, 0.3) is 0 Å². The third-order valence-corrected chi connectivity index (χ3v) is 6.35. The Morgan fingerprint density at radius 1 is 1.54 bits per heavy atom. The Balaban J connectivity index is 1.94. The van der Waals surface area contributed by atoms with Gasteiger partial charge in [-0.3, -0.25) is 5.10 Å². The van der Waals surface area contributed by atoms with Gasteiger partial charge in [0.1, 0.15) is 5.15 Å². The average Bonchev–Trinajstić information content (AvgIpc) is 3.15. The zero-order valence-electron chi connectivity index (χ0n) is 13.2. The zero-order chi connectivity index (χ0) is 17.5. The lowest BCUT2D eigenvalue weighted by molar-refractivity contribution is 0.497. The first-order valence-electron chi connectivity index (χ1n) is 7.48. The number of aromatic amines is 1. The first-order chi connectivity index (χ1) is 11.3. The molecule has 0 bridgehead atoms. The Kier molecular flexibility index (Phi) is 4.63. The van der Waals surface area contributed by atoms with E-state index in [2.05, 4.69) is 20.4 Å². The van der Waals surface area contributed by atoms with Crippen LogP contribution in [0.5, 0.6) is 0 Å². The van der Waals surface area contributed by atoms with Gasteiger partial charge in [-0.15, -0.1) is 0 Å². The lowest BCUT2D eigenvalue weighted by Crippen LogP contribution is -2.12. The molecule has 11 heteroatoms. The smallest absolute Gasteiger partial charge is 0.216 e. The maximum absolute atomic E-state index is 11.7. The van der Waals surface area contributed by atoms with Crippen LogP contribution in [0, 0.1) is 11.7 Å². The molecule has 130 valence electrons. The van der Waals surface area contributed by atoms with E-state index in [0.717, 1.165) is 0 Å². The predicted molar refractivity (Wildman–Crippen MR) is 94.1 cm³/mol. The number of H-pyrrole nitrogens is 1. The number of nitrogens with one attached hydrogen (secondary N) is 1. The monoisotopic (exact) mass is 388 g/mol. The highest BCUT2D eigenvalue weighted by Crippen LogP contribution is 2.29. The van der Waals surface area contributed by atoms with Crippen molar-refractivity contribution in [2.24, 2.45) is 5.10 Å². The average molecular weight is 389 g/mol. The van der Waals surface area contributed by atoms with E-state index < -0.39 is 9.84 Å². The highest BCUT2D eigenvalue weighted by atomic mass is 35.5. The molecule has 0 spiro atoms. The van der Waals surface area contributed by atoms with Crippen LogP contribution in [0.3, 0.4) is 0 Å². The second-order valence-corrected chi connectivity index (χ2v) is 8.62. The first-order valence-corrected chi connectivity index (χ1v) is 10.1. The predicted octanol–water partition coefficient (Wildman–Crippen LogP) is 1.90. The number of aromatic nitrogens is 5. The maximum atomic E-state index is 11.7. The summed E-state index contributed by atoms with van der Waals surface area (Å²) in [6.07, 6.45) is 2.78. The molecule has 1 aliphatic rings. The third kappa shape index (κ3) is 3.17. The molecule has 3 heterocycles. The zero-order valence-corrected chi connectivity index (χ0v) is 15.6. The van der Waals surface area contributed by atoms with Crippen LogP contribution in [0.1, 0.15) is 36.5 Å². The maximum Gasteiger partial charge on any atom is 0.216 e. The van der Waals surface area contributed by atoms with Gasteiger partial charge in [-0.2, -0.15) is 20.0 Å². The topological polar surface area (TPSA) is 97.9 Å². The summed E-state index contributed by atoms with van der Waals surface area (Å²) in [6.45, 7) is 3.76. The fraction of sp³-hybridized carbons (Fsp3) is 0.538. The van der Waals surface area contributed by atoms with Gasteiger partial charge in [0, 0.05) is 6.42 Å². The summed E-state index contributed by atoms with van der Waals surface area (Å²) in [6, 6.07) is -0.231. The van der Waals surface area contributed by atoms with Gasteiger partial charge in [0.25, 0.3) is 0 Å². The van der Waals surface area contributed by atoms with Crippen molar-refractivity contribution in [1.82, 2.24) is 24.7 Å². The number of rotatable bonds is 4. The minimum atomic E-state index is -3.01. The lowest BCUT2D eigenvalue weighted by atomic mass is 10.2. The molecule has 3 rings (SSSR count). The molecule has 0 saturated carbocycles. The van der Waals surface area contributed by atoms with Crippen molar-refractivity contribution in [1.29, 1.82) is 0 Å². The van der Waals surface area contributed by atoms with Crippen molar-refractivity contribution in [3.05, 3.63) is 27.0 Å². The molecule has 0 unspecified atom stereocenters. The molecule has 1 atom stereocenters. The van der Waals surface area contributed by atoms with Crippen LogP contribution in [0.15, 0.2) is 5.10 Å². The van der Waals surface area contributed by atoms with Crippen molar-refractivity contribution >= 4 is 39.9 Å². The van der Waals surface area contributed by atoms with Gasteiger partial charge in [-0.25, -0.2) is 13.1 Å². The number of aryl methyl sites for hydroxylation is 2. The van der Waals surface area contributed by atoms with E-state index in [4.69, 9.17) is 23.8 Å². The summed E-state index contributed by atoms with van der Waals surface area (Å²) in [5.74, 6) is 0.941. The fourth-order valence-corrected chi connectivity index (χ4v) is 4.93. The summed E-state index contributed by atoms with van der Waals surface area (Å²) in [5.41, 5.74) is 1.33. The van der Waals surface area contributed by atoms with Crippen LogP contribution < -0.4 is 0 Å². The Labute approximate surface area is 149 Å². The van der Waals surface area contributed by atoms with Crippen LogP contribution >= 0.6 is 23.8 Å². The molecule has 2 aromatic rings. The van der Waals surface area contributed by atoms with E-state index in [0.29, 0.717) is 39.8 Å². The van der Waals surface area contributed by atoms with Crippen LogP contribution in [-0.2, 0) is 16.3 Å². The highest BCUT2D eigenvalue weighted by molar-refractivity contribution is 7.91. The minimum absolute atomic E-state index is 0.0667. The van der Waals surface area contributed by atoms with Crippen molar-refractivity contribution in [2.75, 3.05) is 11.5 Å². The van der Waals surface area contributed by atoms with Crippen molar-refractivity contribution in [3.63, 3.8) is 0 Å². The molecule has 0 amide bonds. The van der Waals surface area contributed by atoms with Crippen LogP contribution in [0.2, 0.25) is 5.15 Å². The Hall–Kier alpha value is -1.52. The van der Waals surface area contributed by atoms with Gasteiger partial charge in [0.2, 0.25) is 4.77 Å². The number of sulfone groups is 1. The minimum Gasteiger partial charge on any atom is -0.250 e. The summed E-state index contributed by atoms with van der Waals surface area (Å²) in [4.78, 5) is 0. The van der Waals surface area contributed by atoms with Crippen LogP contribution in [-0.4, -0.2) is 50.8 Å². The molecule has 0 aromatic carbocycles. The van der Waals surface area contributed by atoms with E-state index >= 15 is 0 Å². The number of halogens is 1. The van der Waals surface area contributed by atoms with E-state index in [1.165, 1.54) is 4.68 Å². The standard InChI is InChI=1S/C13H17ClN6O2S2/c1-3-11-16-17-13(23)20(11)15-6-10-8(2)18-19(12(10)14)9-4-5-24(21,22)7-9/h6,9H,3-5,7H2,1-2H3,(H,17,23)/b15-6-/t9-/m1/s1. The Bertz CT molecular complexity index is 956. The molecule has 1 aliphatic heterocycles. The summed E-state index contributed by atoms with van der Waals surface area (Å²) in [5, 5.41) is 15.9. The van der Waals surface area contributed by atoms with Gasteiger partial charge in [-0.1, -0.05) is 18.5 Å². The third-order valence-electron chi connectivity index (χ3n) is 3.96. The highest BCUT2D eigenvalue weighted by Gasteiger charge is 2.31. The van der Waals surface area contributed by atoms with Crippen molar-refractivity contribution in [3.8, 4) is 0 Å². The summed E-state index contributed by atoms with van der Waals surface area (Å²) in [7, 11) is -3.01. The molecule has 8 nitrogen and oxygen atoms in total. The molecule has 0 radical (unpaired) electrons. The second kappa shape index (κ2) is 6.41. The van der Waals surface area contributed by atoms with E-state index in [-0.39, 0.29) is 17.5 Å². The largest absolute Gasteiger partial charge is 0.250 e.